The van der Waals surface area contributed by atoms with Crippen LogP contribution >= 0.6 is 0 Å². The maximum Gasteiger partial charge on any atom is 0.169 e. The van der Waals surface area contributed by atoms with Gasteiger partial charge in [0.05, 0.1) is 12.4 Å². The first kappa shape index (κ1) is 8.93. The Morgan fingerprint density at radius 1 is 1.83 bits per heavy atom. The van der Waals surface area contributed by atoms with Gasteiger partial charge in [0.25, 0.3) is 0 Å². The number of aldehydes is 1. The van der Waals surface area contributed by atoms with Crippen LogP contribution in [0.4, 0.5) is 0 Å². The first-order chi connectivity index (χ1) is 5.72. The lowest BCUT2D eigenvalue weighted by atomic mass is 10.3. The van der Waals surface area contributed by atoms with Crippen LogP contribution in [0.5, 0.6) is 0 Å². The van der Waals surface area contributed by atoms with Crippen molar-refractivity contribution in [2.45, 2.75) is 26.0 Å². The molecule has 66 valence electrons. The monoisotopic (exact) mass is 168 g/mol. The average molecular weight is 168 g/mol. The van der Waals surface area contributed by atoms with Gasteiger partial charge in [0.2, 0.25) is 0 Å². The minimum atomic E-state index is -0.313. The zero-order valence-electron chi connectivity index (χ0n) is 6.97. The Bertz CT molecular complexity index is 255. The third-order valence-electron chi connectivity index (χ3n) is 1.58. The standard InChI is InChI=1S/C8H12N2O2/c1-7(12)2-3-10-4-8(5-11)9-6-10/h4-7,12H,2-3H2,1H3. The summed E-state index contributed by atoms with van der Waals surface area (Å²) in [6, 6.07) is 0. The molecular formula is C8H12N2O2. The summed E-state index contributed by atoms with van der Waals surface area (Å²) in [5.41, 5.74) is 0.431. The predicted octanol–water partition coefficient (Wildman–Crippen LogP) is 0.466. The molecule has 1 N–H and O–H groups in total. The van der Waals surface area contributed by atoms with Gasteiger partial charge in [-0.25, -0.2) is 4.98 Å². The lowest BCUT2D eigenvalue weighted by Gasteiger charge is -2.03. The molecule has 4 heteroatoms. The van der Waals surface area contributed by atoms with E-state index >= 15 is 0 Å². The van der Waals surface area contributed by atoms with Crippen molar-refractivity contribution in [3.05, 3.63) is 18.2 Å². The van der Waals surface area contributed by atoms with E-state index in [0.717, 1.165) is 0 Å². The average Bonchev–Trinajstić information content (AvgIpc) is 2.48. The van der Waals surface area contributed by atoms with Crippen molar-refractivity contribution in [3.63, 3.8) is 0 Å². The van der Waals surface area contributed by atoms with E-state index in [2.05, 4.69) is 4.98 Å². The van der Waals surface area contributed by atoms with Crippen molar-refractivity contribution in [3.8, 4) is 0 Å². The third-order valence-corrected chi connectivity index (χ3v) is 1.58. The quantitative estimate of drug-likeness (QED) is 0.665. The third kappa shape index (κ3) is 2.47. The maximum absolute atomic E-state index is 10.2. The Morgan fingerprint density at radius 2 is 2.58 bits per heavy atom. The van der Waals surface area contributed by atoms with Crippen LogP contribution in [0.15, 0.2) is 12.5 Å². The van der Waals surface area contributed by atoms with Crippen LogP contribution in [0.3, 0.4) is 0 Å². The lowest BCUT2D eigenvalue weighted by molar-refractivity contribution is 0.111. The lowest BCUT2D eigenvalue weighted by Crippen LogP contribution is -2.05. The molecule has 0 aliphatic rings. The van der Waals surface area contributed by atoms with E-state index in [1.807, 2.05) is 0 Å². The van der Waals surface area contributed by atoms with E-state index < -0.39 is 0 Å². The number of aliphatic hydroxyl groups excluding tert-OH is 1. The molecule has 1 rings (SSSR count). The molecule has 0 fully saturated rings. The van der Waals surface area contributed by atoms with Gasteiger partial charge in [-0.05, 0) is 13.3 Å². The van der Waals surface area contributed by atoms with Crippen molar-refractivity contribution >= 4 is 6.29 Å². The molecule has 12 heavy (non-hydrogen) atoms. The summed E-state index contributed by atoms with van der Waals surface area (Å²) in [5.74, 6) is 0. The second kappa shape index (κ2) is 4.01. The molecule has 0 aliphatic heterocycles. The van der Waals surface area contributed by atoms with Crippen LogP contribution in [0.1, 0.15) is 23.8 Å². The summed E-state index contributed by atoms with van der Waals surface area (Å²) in [5, 5.41) is 8.97. The summed E-state index contributed by atoms with van der Waals surface area (Å²) >= 11 is 0. The van der Waals surface area contributed by atoms with E-state index in [1.54, 1.807) is 24.0 Å². The molecule has 4 nitrogen and oxygen atoms in total. The zero-order chi connectivity index (χ0) is 8.97. The van der Waals surface area contributed by atoms with Gasteiger partial charge >= 0.3 is 0 Å². The van der Waals surface area contributed by atoms with Crippen molar-refractivity contribution in [1.82, 2.24) is 9.55 Å². The number of hydrogen-bond acceptors (Lipinski definition) is 3. The number of aryl methyl sites for hydroxylation is 1. The van der Waals surface area contributed by atoms with Crippen LogP contribution in [0.2, 0.25) is 0 Å². The van der Waals surface area contributed by atoms with Crippen molar-refractivity contribution in [1.29, 1.82) is 0 Å². The fourth-order valence-corrected chi connectivity index (χ4v) is 0.896. The van der Waals surface area contributed by atoms with E-state index in [4.69, 9.17) is 5.11 Å². The second-order valence-electron chi connectivity index (χ2n) is 2.79. The molecular weight excluding hydrogens is 156 g/mol. The minimum absolute atomic E-state index is 0.313. The highest BCUT2D eigenvalue weighted by Gasteiger charge is 1.98. The van der Waals surface area contributed by atoms with Gasteiger partial charge in [0, 0.05) is 12.7 Å². The van der Waals surface area contributed by atoms with Gasteiger partial charge in [0.15, 0.2) is 6.29 Å². The van der Waals surface area contributed by atoms with Crippen LogP contribution in [-0.2, 0) is 6.54 Å². The highest BCUT2D eigenvalue weighted by Crippen LogP contribution is 1.97. The van der Waals surface area contributed by atoms with Gasteiger partial charge in [-0.15, -0.1) is 0 Å². The molecule has 0 spiro atoms. The Labute approximate surface area is 70.9 Å². The summed E-state index contributed by atoms with van der Waals surface area (Å²) in [4.78, 5) is 14.1. The van der Waals surface area contributed by atoms with E-state index in [9.17, 15) is 4.79 Å². The molecule has 1 aromatic heterocycles. The number of nitrogens with zero attached hydrogens (tertiary/aromatic N) is 2. The fraction of sp³-hybridized carbons (Fsp3) is 0.500. The second-order valence-corrected chi connectivity index (χ2v) is 2.79. The highest BCUT2D eigenvalue weighted by atomic mass is 16.3. The Hall–Kier alpha value is -1.16. The molecule has 0 saturated heterocycles. The molecule has 0 radical (unpaired) electrons. The normalized spacial score (nSPS) is 12.8. The van der Waals surface area contributed by atoms with E-state index in [1.165, 1.54) is 0 Å². The van der Waals surface area contributed by atoms with Crippen molar-refractivity contribution in [2.24, 2.45) is 0 Å². The minimum Gasteiger partial charge on any atom is -0.393 e. The largest absolute Gasteiger partial charge is 0.393 e. The summed E-state index contributed by atoms with van der Waals surface area (Å²) in [7, 11) is 0. The number of hydrogen-bond donors (Lipinski definition) is 1. The maximum atomic E-state index is 10.2. The molecule has 0 amide bonds. The highest BCUT2D eigenvalue weighted by molar-refractivity contribution is 5.70. The topological polar surface area (TPSA) is 55.1 Å². The van der Waals surface area contributed by atoms with Gasteiger partial charge in [-0.2, -0.15) is 0 Å². The molecule has 0 bridgehead atoms. The predicted molar refractivity (Wildman–Crippen MR) is 43.9 cm³/mol. The number of rotatable bonds is 4. The summed E-state index contributed by atoms with van der Waals surface area (Å²) < 4.78 is 1.79. The van der Waals surface area contributed by atoms with E-state index in [-0.39, 0.29) is 6.10 Å². The Kier molecular flexibility index (Phi) is 2.99. The molecule has 1 heterocycles. The molecule has 0 saturated carbocycles. The van der Waals surface area contributed by atoms with Crippen LogP contribution in [-0.4, -0.2) is 27.0 Å². The van der Waals surface area contributed by atoms with Crippen molar-refractivity contribution in [2.75, 3.05) is 0 Å². The molecule has 0 aromatic carbocycles. The van der Waals surface area contributed by atoms with Crippen molar-refractivity contribution < 1.29 is 9.90 Å². The first-order valence-electron chi connectivity index (χ1n) is 3.87. The van der Waals surface area contributed by atoms with Gasteiger partial charge in [-0.3, -0.25) is 4.79 Å². The fourth-order valence-electron chi connectivity index (χ4n) is 0.896. The van der Waals surface area contributed by atoms with Crippen LogP contribution in [0, 0.1) is 0 Å². The zero-order valence-corrected chi connectivity index (χ0v) is 6.97. The van der Waals surface area contributed by atoms with E-state index in [0.29, 0.717) is 24.9 Å². The first-order valence-corrected chi connectivity index (χ1v) is 3.87. The smallest absolute Gasteiger partial charge is 0.169 e. The van der Waals surface area contributed by atoms with Gasteiger partial charge in [0.1, 0.15) is 5.69 Å². The number of aliphatic hydroxyl groups is 1. The Morgan fingerprint density at radius 3 is 3.08 bits per heavy atom. The van der Waals surface area contributed by atoms with Crippen LogP contribution < -0.4 is 0 Å². The number of aromatic nitrogens is 2. The number of carbonyl (C=O) groups excluding carboxylic acids is 1. The number of carbonyl (C=O) groups is 1. The SMILES string of the molecule is CC(O)CCn1cnc(C=O)c1. The molecule has 0 aliphatic carbocycles. The van der Waals surface area contributed by atoms with Gasteiger partial charge in [-0.1, -0.05) is 0 Å². The number of imidazole rings is 1. The Balaban J connectivity index is 2.47. The van der Waals surface area contributed by atoms with Crippen LogP contribution in [0.25, 0.3) is 0 Å². The summed E-state index contributed by atoms with van der Waals surface area (Å²) in [6.45, 7) is 2.43. The molecule has 1 atom stereocenters. The molecule has 1 unspecified atom stereocenters. The molecule has 1 aromatic rings. The summed E-state index contributed by atoms with van der Waals surface area (Å²) in [6.07, 6.45) is 4.32. The van der Waals surface area contributed by atoms with Gasteiger partial charge < -0.3 is 9.67 Å².